The lowest BCUT2D eigenvalue weighted by Crippen LogP contribution is -2.45. The zero-order chi connectivity index (χ0) is 13.1. The Morgan fingerprint density at radius 2 is 2.11 bits per heavy atom. The predicted molar refractivity (Wildman–Crippen MR) is 69.0 cm³/mol. The summed E-state index contributed by atoms with van der Waals surface area (Å²) in [5, 5.41) is 3.27. The first-order chi connectivity index (χ1) is 8.59. The number of amides is 2. The Bertz CT molecular complexity index is 324. The number of likely N-dealkylation sites (N-methyl/N-ethyl adjacent to an activating group) is 1. The molecule has 2 atom stereocenters. The summed E-state index contributed by atoms with van der Waals surface area (Å²) in [6, 6.07) is -0.220. The molecule has 2 rings (SSSR count). The zero-order valence-electron chi connectivity index (χ0n) is 11.3. The maximum Gasteiger partial charge on any atom is 0.244 e. The molecule has 1 N–H and O–H groups in total. The number of carbonyl (C=O) groups excluding carboxylic acids is 2. The molecule has 0 saturated carbocycles. The molecule has 18 heavy (non-hydrogen) atoms. The quantitative estimate of drug-likeness (QED) is 0.774. The summed E-state index contributed by atoms with van der Waals surface area (Å²) in [6.45, 7) is 2.69. The maximum atomic E-state index is 12.3. The minimum absolute atomic E-state index is 0.0606. The van der Waals surface area contributed by atoms with Gasteiger partial charge in [-0.05, 0) is 38.3 Å². The van der Waals surface area contributed by atoms with Crippen molar-refractivity contribution in [2.45, 2.75) is 31.7 Å². The highest BCUT2D eigenvalue weighted by Gasteiger charge is 2.35. The van der Waals surface area contributed by atoms with Crippen molar-refractivity contribution in [3.05, 3.63) is 0 Å². The molecule has 0 aliphatic carbocycles. The highest BCUT2D eigenvalue weighted by molar-refractivity contribution is 5.88. The Labute approximate surface area is 108 Å². The highest BCUT2D eigenvalue weighted by Crippen LogP contribution is 2.22. The lowest BCUT2D eigenvalue weighted by atomic mass is 10.0. The van der Waals surface area contributed by atoms with Crippen LogP contribution in [0.4, 0.5) is 0 Å². The second kappa shape index (κ2) is 5.69. The average Bonchev–Trinajstić information content (AvgIpc) is 2.97. The second-order valence-electron chi connectivity index (χ2n) is 5.54. The summed E-state index contributed by atoms with van der Waals surface area (Å²) in [7, 11) is 3.51. The normalized spacial score (nSPS) is 27.6. The first-order valence-corrected chi connectivity index (χ1v) is 6.81. The van der Waals surface area contributed by atoms with E-state index in [-0.39, 0.29) is 17.9 Å². The second-order valence-corrected chi connectivity index (χ2v) is 5.54. The first kappa shape index (κ1) is 13.3. The Kier molecular flexibility index (Phi) is 4.22. The molecule has 0 aromatic heterocycles. The van der Waals surface area contributed by atoms with Crippen LogP contribution in [0, 0.1) is 5.92 Å². The van der Waals surface area contributed by atoms with Gasteiger partial charge in [-0.25, -0.2) is 0 Å². The molecule has 0 bridgehead atoms. The third kappa shape index (κ3) is 2.83. The van der Waals surface area contributed by atoms with E-state index in [1.54, 1.807) is 23.9 Å². The lowest BCUT2D eigenvalue weighted by Gasteiger charge is -2.27. The molecule has 2 amide bonds. The van der Waals surface area contributed by atoms with Crippen LogP contribution in [-0.4, -0.2) is 61.4 Å². The van der Waals surface area contributed by atoms with Crippen LogP contribution in [0.2, 0.25) is 0 Å². The molecule has 5 heteroatoms. The van der Waals surface area contributed by atoms with Crippen LogP contribution in [0.15, 0.2) is 0 Å². The molecule has 5 nitrogen and oxygen atoms in total. The maximum absolute atomic E-state index is 12.3. The summed E-state index contributed by atoms with van der Waals surface area (Å²) >= 11 is 0. The van der Waals surface area contributed by atoms with Gasteiger partial charge in [0.25, 0.3) is 0 Å². The predicted octanol–water partition coefficient (Wildman–Crippen LogP) is 0.0652. The average molecular weight is 253 g/mol. The van der Waals surface area contributed by atoms with Gasteiger partial charge in [-0.2, -0.15) is 0 Å². The molecule has 2 aliphatic rings. The Morgan fingerprint density at radius 3 is 2.72 bits per heavy atom. The largest absolute Gasteiger partial charge is 0.347 e. The molecule has 0 aromatic rings. The smallest absolute Gasteiger partial charge is 0.244 e. The molecule has 2 aliphatic heterocycles. The SMILES string of the molecule is CN(C)C(=O)C1CCCN1C(=O)CC1CCNC1. The molecule has 2 unspecified atom stereocenters. The van der Waals surface area contributed by atoms with Crippen molar-refractivity contribution in [1.82, 2.24) is 15.1 Å². The van der Waals surface area contributed by atoms with Crippen LogP contribution in [0.1, 0.15) is 25.7 Å². The van der Waals surface area contributed by atoms with E-state index in [2.05, 4.69) is 5.32 Å². The lowest BCUT2D eigenvalue weighted by molar-refractivity contribution is -0.142. The van der Waals surface area contributed by atoms with Gasteiger partial charge < -0.3 is 15.1 Å². The van der Waals surface area contributed by atoms with Crippen molar-refractivity contribution in [3.63, 3.8) is 0 Å². The van der Waals surface area contributed by atoms with Crippen LogP contribution >= 0.6 is 0 Å². The van der Waals surface area contributed by atoms with Gasteiger partial charge in [0.1, 0.15) is 6.04 Å². The number of rotatable bonds is 3. The summed E-state index contributed by atoms with van der Waals surface area (Å²) in [4.78, 5) is 27.7. The molecule has 0 aromatic carbocycles. The fourth-order valence-electron chi connectivity index (χ4n) is 2.87. The Hall–Kier alpha value is -1.10. The van der Waals surface area contributed by atoms with Crippen molar-refractivity contribution in [3.8, 4) is 0 Å². The number of carbonyl (C=O) groups is 2. The summed E-state index contributed by atoms with van der Waals surface area (Å²) in [5.41, 5.74) is 0. The molecular formula is C13H23N3O2. The van der Waals surface area contributed by atoms with E-state index in [1.807, 2.05) is 0 Å². The monoisotopic (exact) mass is 253 g/mol. The Morgan fingerprint density at radius 1 is 1.33 bits per heavy atom. The number of hydrogen-bond donors (Lipinski definition) is 1. The fraction of sp³-hybridized carbons (Fsp3) is 0.846. The standard InChI is InChI=1S/C13H23N3O2/c1-15(2)13(18)11-4-3-7-16(11)12(17)8-10-5-6-14-9-10/h10-11,14H,3-9H2,1-2H3. The van der Waals surface area contributed by atoms with E-state index >= 15 is 0 Å². The van der Waals surface area contributed by atoms with E-state index < -0.39 is 0 Å². The van der Waals surface area contributed by atoms with Gasteiger partial charge in [-0.3, -0.25) is 9.59 Å². The molecule has 2 fully saturated rings. The van der Waals surface area contributed by atoms with Gasteiger partial charge in [0.2, 0.25) is 11.8 Å². The number of hydrogen-bond acceptors (Lipinski definition) is 3. The van der Waals surface area contributed by atoms with E-state index in [0.717, 1.165) is 38.9 Å². The van der Waals surface area contributed by atoms with Gasteiger partial charge in [0.15, 0.2) is 0 Å². The van der Waals surface area contributed by atoms with Crippen LogP contribution < -0.4 is 5.32 Å². The Balaban J connectivity index is 1.93. The molecule has 2 saturated heterocycles. The molecule has 0 radical (unpaired) electrons. The third-order valence-electron chi connectivity index (χ3n) is 3.92. The van der Waals surface area contributed by atoms with Crippen molar-refractivity contribution in [2.75, 3.05) is 33.7 Å². The molecular weight excluding hydrogens is 230 g/mol. The van der Waals surface area contributed by atoms with Gasteiger partial charge in [-0.15, -0.1) is 0 Å². The van der Waals surface area contributed by atoms with Crippen molar-refractivity contribution in [2.24, 2.45) is 5.92 Å². The van der Waals surface area contributed by atoms with Crippen molar-refractivity contribution >= 4 is 11.8 Å². The fourth-order valence-corrected chi connectivity index (χ4v) is 2.87. The minimum atomic E-state index is -0.220. The molecule has 2 heterocycles. The van der Waals surface area contributed by atoms with E-state index in [9.17, 15) is 9.59 Å². The van der Waals surface area contributed by atoms with Crippen LogP contribution in [0.3, 0.4) is 0 Å². The number of nitrogens with one attached hydrogen (secondary N) is 1. The van der Waals surface area contributed by atoms with Gasteiger partial charge in [0, 0.05) is 27.1 Å². The van der Waals surface area contributed by atoms with Crippen molar-refractivity contribution < 1.29 is 9.59 Å². The van der Waals surface area contributed by atoms with Gasteiger partial charge in [-0.1, -0.05) is 0 Å². The summed E-state index contributed by atoms with van der Waals surface area (Å²) in [5.74, 6) is 0.667. The highest BCUT2D eigenvalue weighted by atomic mass is 16.2. The van der Waals surface area contributed by atoms with Crippen LogP contribution in [-0.2, 0) is 9.59 Å². The molecule has 0 spiro atoms. The van der Waals surface area contributed by atoms with Gasteiger partial charge >= 0.3 is 0 Å². The topological polar surface area (TPSA) is 52.7 Å². The number of nitrogens with zero attached hydrogens (tertiary/aromatic N) is 2. The van der Waals surface area contributed by atoms with E-state index in [4.69, 9.17) is 0 Å². The third-order valence-corrected chi connectivity index (χ3v) is 3.92. The van der Waals surface area contributed by atoms with E-state index in [1.165, 1.54) is 0 Å². The van der Waals surface area contributed by atoms with Crippen LogP contribution in [0.25, 0.3) is 0 Å². The number of likely N-dealkylation sites (tertiary alicyclic amines) is 1. The summed E-state index contributed by atoms with van der Waals surface area (Å²) in [6.07, 6.45) is 3.42. The van der Waals surface area contributed by atoms with E-state index in [0.29, 0.717) is 12.3 Å². The zero-order valence-corrected chi connectivity index (χ0v) is 11.3. The molecule has 102 valence electrons. The van der Waals surface area contributed by atoms with Gasteiger partial charge in [0.05, 0.1) is 0 Å². The van der Waals surface area contributed by atoms with Crippen molar-refractivity contribution in [1.29, 1.82) is 0 Å². The first-order valence-electron chi connectivity index (χ1n) is 6.81. The van der Waals surface area contributed by atoms with Crippen LogP contribution in [0.5, 0.6) is 0 Å². The summed E-state index contributed by atoms with van der Waals surface area (Å²) < 4.78 is 0. The minimum Gasteiger partial charge on any atom is -0.347 e.